The average molecular weight is 168 g/mol. The van der Waals surface area contributed by atoms with Gasteiger partial charge in [-0.1, -0.05) is 0 Å². The Hall–Kier alpha value is -1.32. The molecule has 1 heterocycles. The molecule has 0 unspecified atom stereocenters. The van der Waals surface area contributed by atoms with E-state index in [1.807, 2.05) is 13.8 Å². The summed E-state index contributed by atoms with van der Waals surface area (Å²) in [6.45, 7) is 3.63. The van der Waals surface area contributed by atoms with Gasteiger partial charge in [0.25, 0.3) is 5.91 Å². The minimum absolute atomic E-state index is 0.220. The summed E-state index contributed by atoms with van der Waals surface area (Å²) in [7, 11) is 3.09. The van der Waals surface area contributed by atoms with E-state index in [-0.39, 0.29) is 11.9 Å². The summed E-state index contributed by atoms with van der Waals surface area (Å²) in [6, 6.07) is -0.267. The zero-order chi connectivity index (χ0) is 9.46. The van der Waals surface area contributed by atoms with Crippen molar-refractivity contribution in [2.24, 2.45) is 0 Å². The van der Waals surface area contributed by atoms with Crippen molar-refractivity contribution >= 4 is 11.9 Å². The van der Waals surface area contributed by atoms with Crippen LogP contribution in [0.1, 0.15) is 13.8 Å². The summed E-state index contributed by atoms with van der Waals surface area (Å²) in [4.78, 5) is 25.1. The molecule has 1 saturated heterocycles. The van der Waals surface area contributed by atoms with E-state index in [0.29, 0.717) is 5.70 Å². The number of hydrogen-bond donors (Lipinski definition) is 0. The van der Waals surface area contributed by atoms with Gasteiger partial charge in [0.05, 0.1) is 0 Å². The lowest BCUT2D eigenvalue weighted by Gasteiger charge is -2.08. The number of nitrogens with zero attached hydrogens (tertiary/aromatic N) is 2. The van der Waals surface area contributed by atoms with Crippen LogP contribution >= 0.6 is 0 Å². The molecule has 0 bridgehead atoms. The second kappa shape index (κ2) is 2.62. The number of likely N-dealkylation sites (N-methyl/N-ethyl adjacent to an activating group) is 2. The molecule has 0 atom stereocenters. The lowest BCUT2D eigenvalue weighted by molar-refractivity contribution is -0.122. The summed E-state index contributed by atoms with van der Waals surface area (Å²) < 4.78 is 0. The van der Waals surface area contributed by atoms with E-state index in [4.69, 9.17) is 0 Å². The molecule has 4 heteroatoms. The first-order valence-electron chi connectivity index (χ1n) is 3.70. The molecule has 0 spiro atoms. The minimum Gasteiger partial charge on any atom is -0.292 e. The molecule has 0 aromatic carbocycles. The molecule has 12 heavy (non-hydrogen) atoms. The highest BCUT2D eigenvalue weighted by Crippen LogP contribution is 2.19. The second-order valence-electron chi connectivity index (χ2n) is 3.05. The van der Waals surface area contributed by atoms with Gasteiger partial charge in [0.2, 0.25) is 0 Å². The average Bonchev–Trinajstić information content (AvgIpc) is 2.16. The normalized spacial score (nSPS) is 17.8. The maximum Gasteiger partial charge on any atom is 0.331 e. The van der Waals surface area contributed by atoms with E-state index in [9.17, 15) is 9.59 Å². The van der Waals surface area contributed by atoms with E-state index in [2.05, 4.69) is 0 Å². The molecule has 0 radical (unpaired) electrons. The topological polar surface area (TPSA) is 40.6 Å². The summed E-state index contributed by atoms with van der Waals surface area (Å²) in [5.74, 6) is -0.220. The Morgan fingerprint density at radius 2 is 1.58 bits per heavy atom. The van der Waals surface area contributed by atoms with E-state index in [0.717, 1.165) is 10.5 Å². The molecule has 0 aliphatic carbocycles. The summed E-state index contributed by atoms with van der Waals surface area (Å²) >= 11 is 0. The highest BCUT2D eigenvalue weighted by Gasteiger charge is 2.36. The van der Waals surface area contributed by atoms with Gasteiger partial charge in [-0.05, 0) is 19.4 Å². The third-order valence-electron chi connectivity index (χ3n) is 1.89. The van der Waals surface area contributed by atoms with Crippen molar-refractivity contribution in [2.75, 3.05) is 14.1 Å². The fourth-order valence-electron chi connectivity index (χ4n) is 1.26. The van der Waals surface area contributed by atoms with Crippen molar-refractivity contribution in [3.8, 4) is 0 Å². The second-order valence-corrected chi connectivity index (χ2v) is 3.05. The number of carbonyl (C=O) groups is 2. The zero-order valence-corrected chi connectivity index (χ0v) is 7.71. The van der Waals surface area contributed by atoms with Gasteiger partial charge < -0.3 is 0 Å². The van der Waals surface area contributed by atoms with Gasteiger partial charge in [-0.2, -0.15) is 0 Å². The highest BCUT2D eigenvalue weighted by atomic mass is 16.2. The molecule has 0 aromatic rings. The molecular weight excluding hydrogens is 156 g/mol. The van der Waals surface area contributed by atoms with E-state index in [1.54, 1.807) is 7.05 Å². The first-order valence-corrected chi connectivity index (χ1v) is 3.70. The molecule has 0 saturated carbocycles. The smallest absolute Gasteiger partial charge is 0.292 e. The van der Waals surface area contributed by atoms with Crippen molar-refractivity contribution < 1.29 is 9.59 Å². The minimum atomic E-state index is -0.267. The lowest BCUT2D eigenvalue weighted by Crippen LogP contribution is -2.27. The van der Waals surface area contributed by atoms with Crippen LogP contribution in [0.2, 0.25) is 0 Å². The zero-order valence-electron chi connectivity index (χ0n) is 7.71. The van der Waals surface area contributed by atoms with Crippen molar-refractivity contribution in [1.29, 1.82) is 0 Å². The maximum absolute atomic E-state index is 11.4. The monoisotopic (exact) mass is 168 g/mol. The summed E-state index contributed by atoms with van der Waals surface area (Å²) in [5, 5.41) is 0. The predicted molar refractivity (Wildman–Crippen MR) is 44.3 cm³/mol. The molecule has 3 amide bonds. The fourth-order valence-corrected chi connectivity index (χ4v) is 1.26. The van der Waals surface area contributed by atoms with Crippen LogP contribution in [-0.2, 0) is 4.79 Å². The molecular formula is C8H12N2O2. The van der Waals surface area contributed by atoms with Crippen LogP contribution in [0, 0.1) is 0 Å². The predicted octanol–water partition coefficient (Wildman–Crippen LogP) is 0.804. The third kappa shape index (κ3) is 0.995. The third-order valence-corrected chi connectivity index (χ3v) is 1.89. The van der Waals surface area contributed by atoms with Crippen LogP contribution in [0.5, 0.6) is 0 Å². The van der Waals surface area contributed by atoms with Crippen LogP contribution < -0.4 is 0 Å². The molecule has 1 rings (SSSR count). The quantitative estimate of drug-likeness (QED) is 0.396. The van der Waals surface area contributed by atoms with Crippen LogP contribution in [-0.4, -0.2) is 35.8 Å². The molecule has 4 nitrogen and oxygen atoms in total. The van der Waals surface area contributed by atoms with Crippen LogP contribution in [0.15, 0.2) is 11.3 Å². The largest absolute Gasteiger partial charge is 0.331 e. The number of hydrogen-bond acceptors (Lipinski definition) is 2. The Balaban J connectivity index is 3.17. The van der Waals surface area contributed by atoms with Crippen molar-refractivity contribution in [2.45, 2.75) is 13.8 Å². The molecule has 0 N–H and O–H groups in total. The molecule has 1 fully saturated rings. The Bertz CT molecular complexity index is 277. The van der Waals surface area contributed by atoms with E-state index >= 15 is 0 Å². The van der Waals surface area contributed by atoms with Gasteiger partial charge >= 0.3 is 6.03 Å². The summed E-state index contributed by atoms with van der Waals surface area (Å²) in [5.41, 5.74) is 1.35. The van der Waals surface area contributed by atoms with Crippen molar-refractivity contribution in [3.63, 3.8) is 0 Å². The van der Waals surface area contributed by atoms with Gasteiger partial charge in [-0.3, -0.25) is 14.6 Å². The van der Waals surface area contributed by atoms with Crippen LogP contribution in [0.4, 0.5) is 4.79 Å². The Morgan fingerprint density at radius 1 is 1.08 bits per heavy atom. The highest BCUT2D eigenvalue weighted by molar-refractivity contribution is 6.11. The van der Waals surface area contributed by atoms with Crippen LogP contribution in [0.3, 0.4) is 0 Å². The first kappa shape index (κ1) is 8.77. The lowest BCUT2D eigenvalue weighted by atomic mass is 10.2. The summed E-state index contributed by atoms with van der Waals surface area (Å²) in [6.07, 6.45) is 0. The SMILES string of the molecule is CC(C)=C1C(=O)N(C)C(=O)N1C. The number of allylic oxidation sites excluding steroid dienone is 1. The van der Waals surface area contributed by atoms with Crippen LogP contribution in [0.25, 0.3) is 0 Å². The molecule has 66 valence electrons. The Morgan fingerprint density at radius 3 is 1.75 bits per heavy atom. The van der Waals surface area contributed by atoms with E-state index < -0.39 is 0 Å². The van der Waals surface area contributed by atoms with Gasteiger partial charge in [0, 0.05) is 14.1 Å². The standard InChI is InChI=1S/C8H12N2O2/c1-5(2)6-7(11)10(4)8(12)9(6)3/h1-4H3. The first-order chi connectivity index (χ1) is 5.46. The fraction of sp³-hybridized carbons (Fsp3) is 0.500. The molecule has 1 aliphatic heterocycles. The Labute approximate surface area is 71.4 Å². The molecule has 1 aliphatic rings. The number of carbonyl (C=O) groups excluding carboxylic acids is 2. The van der Waals surface area contributed by atoms with Gasteiger partial charge in [0.1, 0.15) is 5.70 Å². The number of urea groups is 1. The van der Waals surface area contributed by atoms with Crippen molar-refractivity contribution in [1.82, 2.24) is 9.80 Å². The number of imide groups is 1. The van der Waals surface area contributed by atoms with Gasteiger partial charge in [-0.25, -0.2) is 4.79 Å². The number of amides is 3. The van der Waals surface area contributed by atoms with E-state index in [1.165, 1.54) is 11.9 Å². The number of rotatable bonds is 0. The Kier molecular flexibility index (Phi) is 1.92. The molecule has 0 aromatic heterocycles. The van der Waals surface area contributed by atoms with Gasteiger partial charge in [0.15, 0.2) is 0 Å². The maximum atomic E-state index is 11.4. The van der Waals surface area contributed by atoms with Crippen molar-refractivity contribution in [3.05, 3.63) is 11.3 Å². The van der Waals surface area contributed by atoms with Gasteiger partial charge in [-0.15, -0.1) is 0 Å².